The van der Waals surface area contributed by atoms with Crippen LogP contribution in [0.5, 0.6) is 0 Å². The van der Waals surface area contributed by atoms with Gasteiger partial charge < -0.3 is 9.30 Å². The Morgan fingerprint density at radius 3 is 2.38 bits per heavy atom. The molecule has 0 atom stereocenters. The fourth-order valence-corrected chi connectivity index (χ4v) is 2.16. The van der Waals surface area contributed by atoms with E-state index in [2.05, 4.69) is 0 Å². The highest BCUT2D eigenvalue weighted by Crippen LogP contribution is 2.17. The summed E-state index contributed by atoms with van der Waals surface area (Å²) in [5.41, 5.74) is 1.38. The summed E-state index contributed by atoms with van der Waals surface area (Å²) in [6, 6.07) is 8.24. The van der Waals surface area contributed by atoms with E-state index >= 15 is 0 Å². The molecule has 2 rings (SSSR count). The van der Waals surface area contributed by atoms with Crippen molar-refractivity contribution in [2.75, 3.05) is 6.61 Å². The van der Waals surface area contributed by atoms with Crippen molar-refractivity contribution in [1.29, 1.82) is 0 Å². The molecular weight excluding hydrogens is 290 g/mol. The van der Waals surface area contributed by atoms with E-state index in [1.807, 2.05) is 6.92 Å². The van der Waals surface area contributed by atoms with Crippen LogP contribution in [0.1, 0.15) is 40.3 Å². The molecule has 0 saturated heterocycles. The number of ketones is 1. The summed E-state index contributed by atoms with van der Waals surface area (Å²) < 4.78 is 6.70. The van der Waals surface area contributed by atoms with Gasteiger partial charge in [0.05, 0.1) is 17.9 Å². The standard InChI is InChI=1S/C16H16ClNO3/c1-3-18-10-12(16(20)21-4-2)9-14(18)15(19)11-5-7-13(17)8-6-11/h5-10H,3-4H2,1-2H3. The highest BCUT2D eigenvalue weighted by atomic mass is 35.5. The molecule has 0 unspecified atom stereocenters. The number of carbonyl (C=O) groups excluding carboxylic acids is 2. The number of rotatable bonds is 5. The third kappa shape index (κ3) is 3.34. The fraction of sp³-hybridized carbons (Fsp3) is 0.250. The summed E-state index contributed by atoms with van der Waals surface area (Å²) in [7, 11) is 0. The Bertz CT molecular complexity index is 659. The Labute approximate surface area is 128 Å². The van der Waals surface area contributed by atoms with E-state index in [-0.39, 0.29) is 5.78 Å². The second-order valence-electron chi connectivity index (χ2n) is 4.46. The number of esters is 1. The van der Waals surface area contributed by atoms with Crippen molar-refractivity contribution in [3.63, 3.8) is 0 Å². The maximum Gasteiger partial charge on any atom is 0.339 e. The maximum absolute atomic E-state index is 12.5. The second-order valence-corrected chi connectivity index (χ2v) is 4.89. The molecule has 0 aliphatic carbocycles. The fourth-order valence-electron chi connectivity index (χ4n) is 2.04. The van der Waals surface area contributed by atoms with E-state index in [0.29, 0.717) is 35.0 Å². The molecule has 1 heterocycles. The first-order valence-electron chi connectivity index (χ1n) is 6.74. The molecular formula is C16H16ClNO3. The zero-order valence-electron chi connectivity index (χ0n) is 11.9. The molecule has 0 saturated carbocycles. The van der Waals surface area contributed by atoms with E-state index in [4.69, 9.17) is 16.3 Å². The van der Waals surface area contributed by atoms with Gasteiger partial charge in [0, 0.05) is 23.3 Å². The third-order valence-corrected chi connectivity index (χ3v) is 3.34. The van der Waals surface area contributed by atoms with Crippen LogP contribution in [0.4, 0.5) is 0 Å². The number of hydrogen-bond acceptors (Lipinski definition) is 3. The van der Waals surface area contributed by atoms with Gasteiger partial charge in [-0.15, -0.1) is 0 Å². The SMILES string of the molecule is CCOC(=O)c1cc(C(=O)c2ccc(Cl)cc2)n(CC)c1. The number of nitrogens with zero attached hydrogens (tertiary/aromatic N) is 1. The molecule has 0 radical (unpaired) electrons. The highest BCUT2D eigenvalue weighted by Gasteiger charge is 2.18. The predicted octanol–water partition coefficient (Wildman–Crippen LogP) is 3.57. The van der Waals surface area contributed by atoms with Gasteiger partial charge in [0.15, 0.2) is 0 Å². The minimum Gasteiger partial charge on any atom is -0.462 e. The van der Waals surface area contributed by atoms with Gasteiger partial charge in [0.1, 0.15) is 0 Å². The summed E-state index contributed by atoms with van der Waals surface area (Å²) in [5, 5.41) is 0.574. The quantitative estimate of drug-likeness (QED) is 0.627. The number of carbonyl (C=O) groups is 2. The van der Waals surface area contributed by atoms with E-state index < -0.39 is 5.97 Å². The molecule has 5 heteroatoms. The van der Waals surface area contributed by atoms with E-state index in [1.54, 1.807) is 48.0 Å². The summed E-state index contributed by atoms with van der Waals surface area (Å²) >= 11 is 5.82. The smallest absolute Gasteiger partial charge is 0.339 e. The minimum atomic E-state index is -0.421. The summed E-state index contributed by atoms with van der Waals surface area (Å²) in [6.45, 7) is 4.55. The largest absolute Gasteiger partial charge is 0.462 e. The molecule has 2 aromatic rings. The Hall–Kier alpha value is -2.07. The normalized spacial score (nSPS) is 10.4. The Morgan fingerprint density at radius 1 is 1.14 bits per heavy atom. The lowest BCUT2D eigenvalue weighted by Gasteiger charge is -2.05. The van der Waals surface area contributed by atoms with Crippen molar-refractivity contribution in [2.45, 2.75) is 20.4 Å². The molecule has 0 aliphatic rings. The zero-order valence-corrected chi connectivity index (χ0v) is 12.7. The van der Waals surface area contributed by atoms with Gasteiger partial charge >= 0.3 is 5.97 Å². The number of benzene rings is 1. The van der Waals surface area contributed by atoms with Crippen molar-refractivity contribution in [2.24, 2.45) is 0 Å². The van der Waals surface area contributed by atoms with Gasteiger partial charge in [-0.2, -0.15) is 0 Å². The van der Waals surface area contributed by atoms with Crippen molar-refractivity contribution in [1.82, 2.24) is 4.57 Å². The van der Waals surface area contributed by atoms with Crippen LogP contribution in [0.15, 0.2) is 36.5 Å². The number of aryl methyl sites for hydroxylation is 1. The van der Waals surface area contributed by atoms with E-state index in [9.17, 15) is 9.59 Å². The first kappa shape index (κ1) is 15.3. The molecule has 4 nitrogen and oxygen atoms in total. The number of ether oxygens (including phenoxy) is 1. The molecule has 0 fully saturated rings. The van der Waals surface area contributed by atoms with Gasteiger partial charge in [-0.25, -0.2) is 4.79 Å². The van der Waals surface area contributed by atoms with Crippen LogP contribution in [0, 0.1) is 0 Å². The monoisotopic (exact) mass is 305 g/mol. The Balaban J connectivity index is 2.36. The number of aromatic nitrogens is 1. The molecule has 21 heavy (non-hydrogen) atoms. The van der Waals surface area contributed by atoms with E-state index in [1.165, 1.54) is 0 Å². The van der Waals surface area contributed by atoms with Gasteiger partial charge in [-0.3, -0.25) is 4.79 Å². The molecule has 1 aromatic carbocycles. The first-order chi connectivity index (χ1) is 10.1. The van der Waals surface area contributed by atoms with Crippen molar-refractivity contribution in [3.05, 3.63) is 58.4 Å². The molecule has 0 bridgehead atoms. The lowest BCUT2D eigenvalue weighted by Crippen LogP contribution is -2.08. The van der Waals surface area contributed by atoms with Crippen LogP contribution in [-0.4, -0.2) is 22.9 Å². The Kier molecular flexibility index (Phi) is 4.81. The predicted molar refractivity (Wildman–Crippen MR) is 80.9 cm³/mol. The van der Waals surface area contributed by atoms with Crippen molar-refractivity contribution in [3.8, 4) is 0 Å². The van der Waals surface area contributed by atoms with Crippen LogP contribution in [0.2, 0.25) is 5.02 Å². The van der Waals surface area contributed by atoms with Crippen LogP contribution in [0.3, 0.4) is 0 Å². The average Bonchev–Trinajstić information content (AvgIpc) is 2.92. The van der Waals surface area contributed by atoms with Crippen LogP contribution >= 0.6 is 11.6 Å². The zero-order chi connectivity index (χ0) is 15.4. The Morgan fingerprint density at radius 2 is 1.81 bits per heavy atom. The number of hydrogen-bond donors (Lipinski definition) is 0. The molecule has 0 aliphatic heterocycles. The van der Waals surface area contributed by atoms with E-state index in [0.717, 1.165) is 0 Å². The van der Waals surface area contributed by atoms with Crippen LogP contribution < -0.4 is 0 Å². The lowest BCUT2D eigenvalue weighted by molar-refractivity contribution is 0.0526. The van der Waals surface area contributed by atoms with Gasteiger partial charge in [0.2, 0.25) is 5.78 Å². The molecule has 0 N–H and O–H groups in total. The van der Waals surface area contributed by atoms with Crippen molar-refractivity contribution < 1.29 is 14.3 Å². The second kappa shape index (κ2) is 6.59. The number of halogens is 1. The van der Waals surface area contributed by atoms with Gasteiger partial charge in [-0.05, 0) is 44.2 Å². The first-order valence-corrected chi connectivity index (χ1v) is 7.12. The summed E-state index contributed by atoms with van der Waals surface area (Å²) in [4.78, 5) is 24.3. The minimum absolute atomic E-state index is 0.149. The summed E-state index contributed by atoms with van der Waals surface area (Å²) in [5.74, 6) is -0.570. The van der Waals surface area contributed by atoms with Crippen molar-refractivity contribution >= 4 is 23.4 Å². The average molecular weight is 306 g/mol. The third-order valence-electron chi connectivity index (χ3n) is 3.09. The molecule has 0 amide bonds. The van der Waals surface area contributed by atoms with Crippen LogP contribution in [-0.2, 0) is 11.3 Å². The molecule has 1 aromatic heterocycles. The van der Waals surface area contributed by atoms with Crippen LogP contribution in [0.25, 0.3) is 0 Å². The summed E-state index contributed by atoms with van der Waals surface area (Å²) in [6.07, 6.45) is 1.64. The van der Waals surface area contributed by atoms with Gasteiger partial charge in [-0.1, -0.05) is 11.6 Å². The maximum atomic E-state index is 12.5. The topological polar surface area (TPSA) is 48.3 Å². The highest BCUT2D eigenvalue weighted by molar-refractivity contribution is 6.30. The molecule has 110 valence electrons. The lowest BCUT2D eigenvalue weighted by atomic mass is 10.1. The molecule has 0 spiro atoms. The van der Waals surface area contributed by atoms with Gasteiger partial charge in [0.25, 0.3) is 0 Å².